The molecule has 0 aliphatic rings. The number of hydrogen-bond acceptors (Lipinski definition) is 3. The summed E-state index contributed by atoms with van der Waals surface area (Å²) in [5.74, 6) is 0.562. The van der Waals surface area contributed by atoms with E-state index in [9.17, 15) is 9.59 Å². The Kier molecular flexibility index (Phi) is 1.62. The predicted molar refractivity (Wildman–Crippen MR) is 43.4 cm³/mol. The van der Waals surface area contributed by atoms with Crippen LogP contribution in [0.25, 0.3) is 0 Å². The van der Waals surface area contributed by atoms with Crippen molar-refractivity contribution in [2.75, 3.05) is 0 Å². The molecule has 7 nitrogen and oxygen atoms in total. The first-order valence-corrected chi connectivity index (χ1v) is 3.63. The number of aromatic nitrogens is 5. The lowest BCUT2D eigenvalue weighted by Crippen LogP contribution is -2.27. The van der Waals surface area contributed by atoms with E-state index in [2.05, 4.69) is 20.2 Å². The van der Waals surface area contributed by atoms with Crippen LogP contribution in [0.5, 0.6) is 0 Å². The SMILES string of the molecule is O=c1[nH][nH]c(=O)n1Cc1ncc[nH]1. The zero-order valence-corrected chi connectivity index (χ0v) is 6.57. The van der Waals surface area contributed by atoms with E-state index in [1.165, 1.54) is 0 Å². The first-order chi connectivity index (χ1) is 6.27. The summed E-state index contributed by atoms with van der Waals surface area (Å²) in [5, 5.41) is 4.36. The Balaban J connectivity index is 2.38. The number of imidazole rings is 1. The largest absolute Gasteiger partial charge is 0.347 e. The van der Waals surface area contributed by atoms with Crippen molar-refractivity contribution >= 4 is 0 Å². The summed E-state index contributed by atoms with van der Waals surface area (Å²) in [6.45, 7) is 0.144. The van der Waals surface area contributed by atoms with Crippen LogP contribution < -0.4 is 11.4 Å². The quantitative estimate of drug-likeness (QED) is 0.533. The van der Waals surface area contributed by atoms with E-state index in [4.69, 9.17) is 0 Å². The molecule has 2 rings (SSSR count). The third-order valence-corrected chi connectivity index (χ3v) is 1.63. The normalized spacial score (nSPS) is 10.5. The fraction of sp³-hybridized carbons (Fsp3) is 0.167. The number of nitrogens with zero attached hydrogens (tertiary/aromatic N) is 2. The highest BCUT2D eigenvalue weighted by atomic mass is 16.2. The zero-order valence-electron chi connectivity index (χ0n) is 6.57. The number of hydrogen-bond donors (Lipinski definition) is 3. The van der Waals surface area contributed by atoms with Gasteiger partial charge in [-0.15, -0.1) is 0 Å². The van der Waals surface area contributed by atoms with Crippen LogP contribution in [-0.4, -0.2) is 24.7 Å². The molecular formula is C6H7N5O2. The van der Waals surface area contributed by atoms with Gasteiger partial charge in [0.2, 0.25) is 0 Å². The first-order valence-electron chi connectivity index (χ1n) is 3.63. The van der Waals surface area contributed by atoms with Crippen LogP contribution >= 0.6 is 0 Å². The number of aromatic amines is 3. The molecule has 7 heteroatoms. The number of H-pyrrole nitrogens is 3. The van der Waals surface area contributed by atoms with E-state index in [0.717, 1.165) is 4.57 Å². The molecule has 68 valence electrons. The molecule has 2 heterocycles. The average molecular weight is 181 g/mol. The Morgan fingerprint density at radius 1 is 1.31 bits per heavy atom. The molecule has 0 aliphatic carbocycles. The highest BCUT2D eigenvalue weighted by Crippen LogP contribution is 1.87. The summed E-state index contributed by atoms with van der Waals surface area (Å²) >= 11 is 0. The van der Waals surface area contributed by atoms with Crippen LogP contribution in [0.2, 0.25) is 0 Å². The van der Waals surface area contributed by atoms with Gasteiger partial charge in [-0.05, 0) is 0 Å². The average Bonchev–Trinajstić information content (AvgIpc) is 2.70. The van der Waals surface area contributed by atoms with Gasteiger partial charge in [-0.2, -0.15) is 0 Å². The molecule has 0 aromatic carbocycles. The van der Waals surface area contributed by atoms with E-state index in [1.807, 2.05) is 0 Å². The van der Waals surface area contributed by atoms with Crippen molar-refractivity contribution in [1.29, 1.82) is 0 Å². The van der Waals surface area contributed by atoms with Gasteiger partial charge in [0.05, 0.1) is 6.54 Å². The molecular weight excluding hydrogens is 174 g/mol. The molecule has 0 saturated carbocycles. The molecule has 3 N–H and O–H groups in total. The third-order valence-electron chi connectivity index (χ3n) is 1.63. The summed E-state index contributed by atoms with van der Waals surface area (Å²) in [6.07, 6.45) is 3.18. The standard InChI is InChI=1S/C6H7N5O2/c12-5-9-10-6(13)11(5)3-4-7-1-2-8-4/h1-2H,3H2,(H,7,8)(H,9,12)(H,10,13). The Morgan fingerprint density at radius 2 is 2.00 bits per heavy atom. The van der Waals surface area contributed by atoms with Crippen LogP contribution in [0.4, 0.5) is 0 Å². The molecule has 0 fully saturated rings. The maximum absolute atomic E-state index is 11.0. The van der Waals surface area contributed by atoms with E-state index < -0.39 is 11.4 Å². The summed E-state index contributed by atoms with van der Waals surface area (Å²) in [6, 6.07) is 0. The Hall–Kier alpha value is -2.05. The Bertz CT molecular complexity index is 460. The van der Waals surface area contributed by atoms with Gasteiger partial charge in [0, 0.05) is 12.4 Å². The maximum atomic E-state index is 11.0. The van der Waals surface area contributed by atoms with Crippen LogP contribution in [0.1, 0.15) is 5.82 Å². The van der Waals surface area contributed by atoms with E-state index in [0.29, 0.717) is 5.82 Å². The second-order valence-electron chi connectivity index (χ2n) is 2.48. The van der Waals surface area contributed by atoms with Crippen molar-refractivity contribution < 1.29 is 0 Å². The molecule has 2 aromatic rings. The lowest BCUT2D eigenvalue weighted by Gasteiger charge is -1.92. The molecule has 2 aromatic heterocycles. The minimum absolute atomic E-state index is 0.144. The fourth-order valence-electron chi connectivity index (χ4n) is 1.01. The molecule has 0 aliphatic heterocycles. The molecule has 0 saturated heterocycles. The van der Waals surface area contributed by atoms with Crippen molar-refractivity contribution in [2.45, 2.75) is 6.54 Å². The highest BCUT2D eigenvalue weighted by molar-refractivity contribution is 4.88. The van der Waals surface area contributed by atoms with Crippen molar-refractivity contribution in [3.05, 3.63) is 39.2 Å². The van der Waals surface area contributed by atoms with Gasteiger partial charge in [0.1, 0.15) is 5.82 Å². The van der Waals surface area contributed by atoms with Gasteiger partial charge in [0.25, 0.3) is 0 Å². The fourth-order valence-corrected chi connectivity index (χ4v) is 1.01. The van der Waals surface area contributed by atoms with Gasteiger partial charge in [0.15, 0.2) is 0 Å². The monoisotopic (exact) mass is 181 g/mol. The highest BCUT2D eigenvalue weighted by Gasteiger charge is 2.04. The maximum Gasteiger partial charge on any atom is 0.344 e. The van der Waals surface area contributed by atoms with E-state index in [-0.39, 0.29) is 6.54 Å². The second-order valence-corrected chi connectivity index (χ2v) is 2.48. The van der Waals surface area contributed by atoms with Gasteiger partial charge in [-0.3, -0.25) is 0 Å². The van der Waals surface area contributed by atoms with E-state index in [1.54, 1.807) is 12.4 Å². The van der Waals surface area contributed by atoms with Gasteiger partial charge >= 0.3 is 11.4 Å². The first kappa shape index (κ1) is 7.59. The smallest absolute Gasteiger partial charge is 0.344 e. The molecule has 13 heavy (non-hydrogen) atoms. The topological polar surface area (TPSA) is 99.3 Å². The molecule has 0 atom stereocenters. The second kappa shape index (κ2) is 2.77. The van der Waals surface area contributed by atoms with Crippen molar-refractivity contribution in [3.8, 4) is 0 Å². The van der Waals surface area contributed by atoms with Crippen LogP contribution in [0, 0.1) is 0 Å². The van der Waals surface area contributed by atoms with Crippen molar-refractivity contribution in [2.24, 2.45) is 0 Å². The third kappa shape index (κ3) is 1.31. The van der Waals surface area contributed by atoms with Crippen LogP contribution in [0.3, 0.4) is 0 Å². The lowest BCUT2D eigenvalue weighted by molar-refractivity contribution is 0.702. The van der Waals surface area contributed by atoms with Gasteiger partial charge in [-0.1, -0.05) is 0 Å². The lowest BCUT2D eigenvalue weighted by atomic mass is 10.6. The molecule has 0 amide bonds. The van der Waals surface area contributed by atoms with Crippen LogP contribution in [-0.2, 0) is 6.54 Å². The summed E-state index contributed by atoms with van der Waals surface area (Å²) in [5.41, 5.74) is -0.942. The summed E-state index contributed by atoms with van der Waals surface area (Å²) in [4.78, 5) is 28.7. The van der Waals surface area contributed by atoms with E-state index >= 15 is 0 Å². The minimum atomic E-state index is -0.471. The summed E-state index contributed by atoms with van der Waals surface area (Å²) in [7, 11) is 0. The van der Waals surface area contributed by atoms with Crippen molar-refractivity contribution in [3.63, 3.8) is 0 Å². The predicted octanol–water partition coefficient (Wildman–Crippen LogP) is -1.36. The van der Waals surface area contributed by atoms with Gasteiger partial charge in [-0.25, -0.2) is 29.3 Å². The Morgan fingerprint density at radius 3 is 2.54 bits per heavy atom. The van der Waals surface area contributed by atoms with Crippen molar-refractivity contribution in [1.82, 2.24) is 24.7 Å². The van der Waals surface area contributed by atoms with Gasteiger partial charge < -0.3 is 4.98 Å². The molecule has 0 radical (unpaired) electrons. The minimum Gasteiger partial charge on any atom is -0.347 e. The Labute approximate surface area is 71.4 Å². The summed E-state index contributed by atoms with van der Waals surface area (Å²) < 4.78 is 1.01. The molecule has 0 unspecified atom stereocenters. The van der Waals surface area contributed by atoms with Crippen LogP contribution in [0.15, 0.2) is 22.0 Å². The number of rotatable bonds is 2. The molecule has 0 spiro atoms. The number of nitrogens with one attached hydrogen (secondary N) is 3. The zero-order chi connectivity index (χ0) is 9.26. The molecule has 0 bridgehead atoms.